The zero-order valence-electron chi connectivity index (χ0n) is 10.3. The number of nitrogens with zero attached hydrogens (tertiary/aromatic N) is 1. The highest BCUT2D eigenvalue weighted by atomic mass is 32.2. The zero-order chi connectivity index (χ0) is 14.3. The van der Waals surface area contributed by atoms with Crippen molar-refractivity contribution in [2.45, 2.75) is 12.5 Å². The molecule has 106 valence electrons. The molecular formula is C12H11NO4S3. The van der Waals surface area contributed by atoms with Crippen molar-refractivity contribution in [3.8, 4) is 0 Å². The molecule has 2 saturated heterocycles. The van der Waals surface area contributed by atoms with Gasteiger partial charge in [0, 0.05) is 5.56 Å². The van der Waals surface area contributed by atoms with Gasteiger partial charge in [-0.2, -0.15) is 0 Å². The van der Waals surface area contributed by atoms with E-state index in [1.807, 2.05) is 0 Å². The number of carbonyl (C=O) groups excluding carboxylic acids is 1. The molecule has 0 aliphatic carbocycles. The molecule has 1 aromatic rings. The standard InChI is InChI=1S/C12H11NO4S3/c14-11-10(5-8-1-3-17-6-8)19-12(18)13(11)9-2-4-20(15,16)7-9/h1,3,5-6,9H,2,4,7H2/b10-5+/t9-/m1/s1. The molecule has 1 aromatic heterocycles. The molecule has 1 atom stereocenters. The van der Waals surface area contributed by atoms with Crippen LogP contribution in [0.5, 0.6) is 0 Å². The van der Waals surface area contributed by atoms with Gasteiger partial charge in [0.2, 0.25) is 0 Å². The Morgan fingerprint density at radius 1 is 1.50 bits per heavy atom. The van der Waals surface area contributed by atoms with Gasteiger partial charge in [0.25, 0.3) is 5.91 Å². The van der Waals surface area contributed by atoms with E-state index in [2.05, 4.69) is 0 Å². The molecular weight excluding hydrogens is 318 g/mol. The summed E-state index contributed by atoms with van der Waals surface area (Å²) in [5.41, 5.74) is 0.782. The van der Waals surface area contributed by atoms with Gasteiger partial charge < -0.3 is 4.42 Å². The van der Waals surface area contributed by atoms with Gasteiger partial charge in [0.05, 0.1) is 35.0 Å². The largest absolute Gasteiger partial charge is 0.472 e. The zero-order valence-corrected chi connectivity index (χ0v) is 12.8. The van der Waals surface area contributed by atoms with Crippen LogP contribution in [0.25, 0.3) is 6.08 Å². The predicted molar refractivity (Wildman–Crippen MR) is 80.8 cm³/mol. The number of sulfone groups is 1. The Morgan fingerprint density at radius 2 is 2.30 bits per heavy atom. The van der Waals surface area contributed by atoms with Crippen molar-refractivity contribution in [1.29, 1.82) is 0 Å². The summed E-state index contributed by atoms with van der Waals surface area (Å²) in [5.74, 6) is -0.100. The first kappa shape index (κ1) is 13.8. The van der Waals surface area contributed by atoms with Crippen molar-refractivity contribution in [3.05, 3.63) is 29.1 Å². The van der Waals surface area contributed by atoms with Crippen LogP contribution in [0.15, 0.2) is 27.9 Å². The number of hydrogen-bond acceptors (Lipinski definition) is 6. The normalized spacial score (nSPS) is 27.7. The van der Waals surface area contributed by atoms with Gasteiger partial charge in [0.15, 0.2) is 9.84 Å². The maximum atomic E-state index is 12.4. The third-order valence-electron chi connectivity index (χ3n) is 3.24. The van der Waals surface area contributed by atoms with E-state index < -0.39 is 9.84 Å². The van der Waals surface area contributed by atoms with Gasteiger partial charge in [-0.3, -0.25) is 9.69 Å². The summed E-state index contributed by atoms with van der Waals surface area (Å²) in [6, 6.07) is 1.41. The molecule has 0 aromatic carbocycles. The summed E-state index contributed by atoms with van der Waals surface area (Å²) in [4.78, 5) is 14.3. The first-order valence-electron chi connectivity index (χ1n) is 5.96. The molecule has 20 heavy (non-hydrogen) atoms. The second kappa shape index (κ2) is 5.01. The molecule has 0 saturated carbocycles. The Hall–Kier alpha value is -1.12. The SMILES string of the molecule is O=C1/C(=C\c2ccoc2)SC(=S)N1[C@@H]1CCS(=O)(=O)C1. The average Bonchev–Trinajstić information content (AvgIpc) is 3.03. The fraction of sp³-hybridized carbons (Fsp3) is 0.333. The lowest BCUT2D eigenvalue weighted by Crippen LogP contribution is -2.39. The molecule has 0 bridgehead atoms. The number of furan rings is 1. The fourth-order valence-electron chi connectivity index (χ4n) is 2.28. The van der Waals surface area contributed by atoms with Crippen LogP contribution in [0.4, 0.5) is 0 Å². The summed E-state index contributed by atoms with van der Waals surface area (Å²) < 4.78 is 28.4. The van der Waals surface area contributed by atoms with E-state index in [9.17, 15) is 13.2 Å². The Bertz CT molecular complexity index is 690. The first-order valence-corrected chi connectivity index (χ1v) is 9.00. The third kappa shape index (κ3) is 2.55. The Balaban J connectivity index is 1.85. The second-order valence-corrected chi connectivity index (χ2v) is 8.57. The van der Waals surface area contributed by atoms with E-state index in [0.717, 1.165) is 5.56 Å². The lowest BCUT2D eigenvalue weighted by atomic mass is 10.2. The van der Waals surface area contributed by atoms with Crippen molar-refractivity contribution in [1.82, 2.24) is 4.90 Å². The molecule has 0 N–H and O–H groups in total. The first-order chi connectivity index (χ1) is 9.46. The van der Waals surface area contributed by atoms with E-state index in [-0.39, 0.29) is 23.5 Å². The Kier molecular flexibility index (Phi) is 3.47. The fourth-order valence-corrected chi connectivity index (χ4v) is 5.38. The molecule has 0 unspecified atom stereocenters. The highest BCUT2D eigenvalue weighted by Gasteiger charge is 2.42. The summed E-state index contributed by atoms with van der Waals surface area (Å²) in [5, 5.41) is 0. The quantitative estimate of drug-likeness (QED) is 0.607. The number of thiocarbonyl (C=S) groups is 1. The van der Waals surface area contributed by atoms with E-state index in [0.29, 0.717) is 15.6 Å². The molecule has 5 nitrogen and oxygen atoms in total. The summed E-state index contributed by atoms with van der Waals surface area (Å²) in [6.07, 6.45) is 5.21. The van der Waals surface area contributed by atoms with Crippen molar-refractivity contribution in [2.75, 3.05) is 11.5 Å². The molecule has 2 aliphatic rings. The number of amides is 1. The molecule has 8 heteroatoms. The Morgan fingerprint density at radius 3 is 2.90 bits per heavy atom. The van der Waals surface area contributed by atoms with Crippen LogP contribution < -0.4 is 0 Å². The van der Waals surface area contributed by atoms with E-state index in [4.69, 9.17) is 16.6 Å². The second-order valence-electron chi connectivity index (χ2n) is 4.67. The lowest BCUT2D eigenvalue weighted by molar-refractivity contribution is -0.123. The molecule has 1 amide bonds. The summed E-state index contributed by atoms with van der Waals surface area (Å²) >= 11 is 6.41. The molecule has 3 rings (SSSR count). The van der Waals surface area contributed by atoms with Crippen LogP contribution in [0.1, 0.15) is 12.0 Å². The number of thioether (sulfide) groups is 1. The van der Waals surface area contributed by atoms with Crippen molar-refractivity contribution >= 4 is 50.1 Å². The van der Waals surface area contributed by atoms with Crippen molar-refractivity contribution in [3.63, 3.8) is 0 Å². The maximum Gasteiger partial charge on any atom is 0.266 e. The van der Waals surface area contributed by atoms with E-state index in [1.54, 1.807) is 12.1 Å². The van der Waals surface area contributed by atoms with Gasteiger partial charge in [-0.05, 0) is 18.6 Å². The minimum Gasteiger partial charge on any atom is -0.472 e. The van der Waals surface area contributed by atoms with E-state index >= 15 is 0 Å². The van der Waals surface area contributed by atoms with E-state index in [1.165, 1.54) is 29.2 Å². The number of carbonyl (C=O) groups is 1. The molecule has 0 radical (unpaired) electrons. The predicted octanol–water partition coefficient (Wildman–Crippen LogP) is 1.67. The monoisotopic (exact) mass is 329 g/mol. The third-order valence-corrected chi connectivity index (χ3v) is 6.32. The molecule has 2 aliphatic heterocycles. The van der Waals surface area contributed by atoms with Crippen LogP contribution in [0, 0.1) is 0 Å². The topological polar surface area (TPSA) is 67.6 Å². The average molecular weight is 329 g/mol. The van der Waals surface area contributed by atoms with Gasteiger partial charge >= 0.3 is 0 Å². The van der Waals surface area contributed by atoms with Crippen LogP contribution >= 0.6 is 24.0 Å². The lowest BCUT2D eigenvalue weighted by Gasteiger charge is -2.20. The number of hydrogen-bond donors (Lipinski definition) is 0. The van der Waals surface area contributed by atoms with Gasteiger partial charge in [-0.1, -0.05) is 24.0 Å². The van der Waals surface area contributed by atoms with Crippen LogP contribution in [0.3, 0.4) is 0 Å². The van der Waals surface area contributed by atoms with Gasteiger partial charge in [0.1, 0.15) is 4.32 Å². The highest BCUT2D eigenvalue weighted by molar-refractivity contribution is 8.26. The maximum absolute atomic E-state index is 12.4. The Labute approximate surface area is 125 Å². The smallest absolute Gasteiger partial charge is 0.266 e. The van der Waals surface area contributed by atoms with Crippen LogP contribution in [-0.2, 0) is 14.6 Å². The highest BCUT2D eigenvalue weighted by Crippen LogP contribution is 2.36. The van der Waals surface area contributed by atoms with Gasteiger partial charge in [-0.15, -0.1) is 0 Å². The molecule has 0 spiro atoms. The summed E-state index contributed by atoms with van der Waals surface area (Å²) in [7, 11) is -3.04. The minimum atomic E-state index is -3.04. The van der Waals surface area contributed by atoms with Gasteiger partial charge in [-0.25, -0.2) is 8.42 Å². The summed E-state index contributed by atoms with van der Waals surface area (Å²) in [6.45, 7) is 0. The van der Waals surface area contributed by atoms with Crippen molar-refractivity contribution < 1.29 is 17.6 Å². The molecule has 2 fully saturated rings. The van der Waals surface area contributed by atoms with Crippen LogP contribution in [0.2, 0.25) is 0 Å². The minimum absolute atomic E-state index is 0.00156. The van der Waals surface area contributed by atoms with Crippen LogP contribution in [-0.4, -0.2) is 41.1 Å². The molecule has 3 heterocycles. The number of rotatable bonds is 2. The van der Waals surface area contributed by atoms with Crippen molar-refractivity contribution in [2.24, 2.45) is 0 Å².